The van der Waals surface area contributed by atoms with Gasteiger partial charge in [0.25, 0.3) is 0 Å². The molecule has 0 spiro atoms. The van der Waals surface area contributed by atoms with E-state index in [4.69, 9.17) is 11.2 Å². The number of hydrogen-bond acceptors (Lipinski definition) is 5. The Hall–Kier alpha value is -0.180. The third kappa shape index (κ3) is 12.1. The lowest BCUT2D eigenvalue weighted by Crippen LogP contribution is -2.22. The summed E-state index contributed by atoms with van der Waals surface area (Å²) in [7, 11) is 0. The molecule has 0 atom stereocenters. The highest BCUT2D eigenvalue weighted by Crippen LogP contribution is 2.40. The lowest BCUT2D eigenvalue weighted by Gasteiger charge is -2.30. The Morgan fingerprint density at radius 2 is 1.33 bits per heavy atom. The Balaban J connectivity index is -0.000000535. The van der Waals surface area contributed by atoms with Gasteiger partial charge in [0, 0.05) is 5.57 Å². The van der Waals surface area contributed by atoms with E-state index in [9.17, 15) is 10.2 Å². The van der Waals surface area contributed by atoms with E-state index in [-0.39, 0.29) is 23.5 Å². The third-order valence-corrected chi connectivity index (χ3v) is 5.83. The zero-order chi connectivity index (χ0) is 22.3. The zero-order valence-electron chi connectivity index (χ0n) is 17.6. The molecular weight excluding hydrogens is 574 g/mol. The third-order valence-electron chi connectivity index (χ3n) is 4.85. The molecule has 0 rings (SSSR count). The number of rotatable bonds is 9. The number of hydrogen-bond donors (Lipinski definition) is 3. The van der Waals surface area contributed by atoms with Gasteiger partial charge in [-0.25, -0.2) is 0 Å². The smallest absolute Gasteiger partial charge is 0.192 e. The van der Waals surface area contributed by atoms with Crippen LogP contribution in [-0.4, -0.2) is 27.5 Å². The first-order valence-electron chi connectivity index (χ1n) is 8.90. The number of aliphatic hydroxyl groups is 3. The highest BCUT2D eigenvalue weighted by Gasteiger charge is 2.32. The van der Waals surface area contributed by atoms with Crippen molar-refractivity contribution in [1.29, 1.82) is 0 Å². The molecule has 0 aromatic rings. The van der Waals surface area contributed by atoms with Crippen LogP contribution < -0.4 is 0 Å². The van der Waals surface area contributed by atoms with E-state index in [0.717, 1.165) is 25.7 Å². The van der Waals surface area contributed by atoms with Crippen LogP contribution in [-0.2, 0) is 6.13 Å². The first-order chi connectivity index (χ1) is 12.5. The fraction of sp³-hybridized carbons (Fsp3) is 0.700. The van der Waals surface area contributed by atoms with E-state index in [1.807, 2.05) is 41.5 Å². The van der Waals surface area contributed by atoms with Gasteiger partial charge in [0.15, 0.2) is 28.8 Å². The summed E-state index contributed by atoms with van der Waals surface area (Å²) in [4.78, 5) is 0. The maximum absolute atomic E-state index is 10.2. The Bertz CT molecular complexity index is 472. The molecular formula is C20H36I2O5. The summed E-state index contributed by atoms with van der Waals surface area (Å²) in [6.45, 7) is 13.6. The normalized spacial score (nSPS) is 13.2. The van der Waals surface area contributed by atoms with Gasteiger partial charge in [-0.15, -0.1) is 12.8 Å². The second kappa shape index (κ2) is 16.7. The Kier molecular flexibility index (Phi) is 19.5. The average molecular weight is 610 g/mol. The van der Waals surface area contributed by atoms with E-state index in [2.05, 4.69) is 12.8 Å². The zero-order valence-corrected chi connectivity index (χ0v) is 21.9. The molecule has 0 aliphatic carbocycles. The molecule has 0 saturated carbocycles. The van der Waals surface area contributed by atoms with Crippen molar-refractivity contribution in [2.45, 2.75) is 79.8 Å². The van der Waals surface area contributed by atoms with Crippen molar-refractivity contribution >= 4 is 46.0 Å². The maximum Gasteiger partial charge on any atom is 0.192 e. The van der Waals surface area contributed by atoms with Crippen LogP contribution in [0.5, 0.6) is 0 Å². The van der Waals surface area contributed by atoms with Gasteiger partial charge in [0.05, 0.1) is 5.60 Å². The SMILES string of the molecule is C#C.CCC(C)(CC)C(/C(O)=C(\C)OI)=C(\O)COI.CCC(C)(O)CC. The van der Waals surface area contributed by atoms with Crippen LogP contribution in [0.4, 0.5) is 0 Å². The molecule has 0 aromatic carbocycles. The van der Waals surface area contributed by atoms with E-state index in [1.54, 1.807) is 52.9 Å². The first kappa shape index (κ1) is 31.5. The van der Waals surface area contributed by atoms with Gasteiger partial charge >= 0.3 is 0 Å². The molecule has 0 saturated heterocycles. The molecule has 0 aliphatic rings. The van der Waals surface area contributed by atoms with Crippen LogP contribution in [0.1, 0.15) is 74.1 Å². The number of aliphatic hydroxyl groups excluding tert-OH is 2. The average Bonchev–Trinajstić information content (AvgIpc) is 2.69. The lowest BCUT2D eigenvalue weighted by atomic mass is 9.75. The minimum Gasteiger partial charge on any atom is -0.509 e. The summed E-state index contributed by atoms with van der Waals surface area (Å²) in [5.41, 5.74) is -0.238. The minimum absolute atomic E-state index is 0.0125. The fourth-order valence-electron chi connectivity index (χ4n) is 1.96. The van der Waals surface area contributed by atoms with Crippen molar-refractivity contribution in [3.05, 3.63) is 22.9 Å². The minimum atomic E-state index is -0.417. The maximum atomic E-state index is 10.2. The quantitative estimate of drug-likeness (QED) is 0.114. The van der Waals surface area contributed by atoms with Crippen LogP contribution in [0.25, 0.3) is 0 Å². The van der Waals surface area contributed by atoms with E-state index in [0.29, 0.717) is 11.3 Å². The predicted octanol–water partition coefficient (Wildman–Crippen LogP) is 6.95. The summed E-state index contributed by atoms with van der Waals surface area (Å²) in [5, 5.41) is 29.5. The van der Waals surface area contributed by atoms with Gasteiger partial charge in [-0.1, -0.05) is 34.6 Å². The van der Waals surface area contributed by atoms with E-state index in [1.165, 1.54) is 0 Å². The van der Waals surface area contributed by atoms with E-state index < -0.39 is 5.60 Å². The summed E-state index contributed by atoms with van der Waals surface area (Å²) < 4.78 is 9.94. The van der Waals surface area contributed by atoms with Crippen molar-refractivity contribution < 1.29 is 21.5 Å². The summed E-state index contributed by atoms with van der Waals surface area (Å²) in [6, 6.07) is 0. The molecule has 0 bridgehead atoms. The van der Waals surface area contributed by atoms with Crippen molar-refractivity contribution in [1.82, 2.24) is 0 Å². The van der Waals surface area contributed by atoms with Crippen LogP contribution in [0.3, 0.4) is 0 Å². The van der Waals surface area contributed by atoms with Gasteiger partial charge < -0.3 is 21.5 Å². The van der Waals surface area contributed by atoms with Crippen LogP contribution in [0, 0.1) is 18.3 Å². The predicted molar refractivity (Wildman–Crippen MR) is 130 cm³/mol. The standard InChI is InChI=1S/C12H20I2O4.C6H14O.C2H2/c1-5-12(4,6-2)10(9(15)7-17-13)11(16)8(3)18-14;1-4-6(3,7)5-2;1-2/h15-16H,5-7H2,1-4H3;7H,4-5H2,1-3H3;1-2H/b10-9-,11-8-;;. The Morgan fingerprint density at radius 1 is 0.926 bits per heavy atom. The lowest BCUT2D eigenvalue weighted by molar-refractivity contribution is 0.0521. The van der Waals surface area contributed by atoms with Gasteiger partial charge in [-0.2, -0.15) is 0 Å². The van der Waals surface area contributed by atoms with Crippen molar-refractivity contribution in [3.63, 3.8) is 0 Å². The fourth-order valence-corrected chi connectivity index (χ4v) is 2.46. The molecule has 0 aliphatic heterocycles. The number of allylic oxidation sites excluding steroid dienone is 2. The number of terminal acetylenes is 1. The largest absolute Gasteiger partial charge is 0.509 e. The van der Waals surface area contributed by atoms with Gasteiger partial charge in [0.2, 0.25) is 0 Å². The summed E-state index contributed by atoms with van der Waals surface area (Å²) in [6.07, 6.45) is 11.3. The van der Waals surface area contributed by atoms with Crippen molar-refractivity contribution in [2.24, 2.45) is 5.41 Å². The van der Waals surface area contributed by atoms with Crippen molar-refractivity contribution in [2.75, 3.05) is 6.61 Å². The molecule has 0 aromatic heterocycles. The van der Waals surface area contributed by atoms with Crippen molar-refractivity contribution in [3.8, 4) is 12.8 Å². The highest BCUT2D eigenvalue weighted by atomic mass is 127. The molecule has 0 heterocycles. The second-order valence-corrected chi connectivity index (χ2v) is 7.59. The second-order valence-electron chi connectivity index (χ2n) is 6.53. The monoisotopic (exact) mass is 610 g/mol. The van der Waals surface area contributed by atoms with Crippen LogP contribution in [0.2, 0.25) is 0 Å². The molecule has 3 N–H and O–H groups in total. The first-order valence-corrected chi connectivity index (χ1v) is 10.7. The van der Waals surface area contributed by atoms with Gasteiger partial charge in [-0.05, 0) is 44.9 Å². The van der Waals surface area contributed by atoms with Crippen LogP contribution in [0.15, 0.2) is 22.9 Å². The molecule has 0 radical (unpaired) electrons. The van der Waals surface area contributed by atoms with Gasteiger partial charge in [0.1, 0.15) is 41.1 Å². The van der Waals surface area contributed by atoms with Crippen LogP contribution >= 0.6 is 46.0 Å². The molecule has 0 unspecified atom stereocenters. The molecule has 0 fully saturated rings. The summed E-state index contributed by atoms with van der Waals surface area (Å²) >= 11 is 3.42. The molecule has 160 valence electrons. The molecule has 5 nitrogen and oxygen atoms in total. The Labute approximate surface area is 194 Å². The Morgan fingerprint density at radius 3 is 1.56 bits per heavy atom. The topological polar surface area (TPSA) is 79.2 Å². The van der Waals surface area contributed by atoms with E-state index >= 15 is 0 Å². The summed E-state index contributed by atoms with van der Waals surface area (Å²) in [5.74, 6) is 0.404. The number of halogens is 2. The van der Waals surface area contributed by atoms with Gasteiger partial charge in [-0.3, -0.25) is 0 Å². The molecule has 7 heteroatoms. The highest BCUT2D eigenvalue weighted by molar-refractivity contribution is 14.1. The molecule has 0 amide bonds. The molecule has 27 heavy (non-hydrogen) atoms.